The number of H-pyrrole nitrogens is 1. The summed E-state index contributed by atoms with van der Waals surface area (Å²) >= 11 is 0. The Hall–Kier alpha value is -3.15. The van der Waals surface area contributed by atoms with Crippen LogP contribution < -0.4 is 10.5 Å². The zero-order valence-electron chi connectivity index (χ0n) is 13.5. The van der Waals surface area contributed by atoms with Gasteiger partial charge in [-0.3, -0.25) is 4.79 Å². The van der Waals surface area contributed by atoms with Crippen LogP contribution in [-0.4, -0.2) is 17.0 Å². The summed E-state index contributed by atoms with van der Waals surface area (Å²) in [5, 5.41) is 9.41. The van der Waals surface area contributed by atoms with Gasteiger partial charge < -0.3 is 15.5 Å². The molecule has 0 aliphatic heterocycles. The maximum absolute atomic E-state index is 12.1. The van der Waals surface area contributed by atoms with E-state index in [4.69, 9.17) is 10.5 Å². The number of azo groups is 1. The monoisotopic (exact) mass is 322 g/mol. The van der Waals surface area contributed by atoms with Gasteiger partial charge in [0.15, 0.2) is 11.9 Å². The topological polar surface area (TPSA) is 92.8 Å². The molecule has 0 fully saturated rings. The minimum absolute atomic E-state index is 0.458. The van der Waals surface area contributed by atoms with Gasteiger partial charge in [0, 0.05) is 10.8 Å². The summed E-state index contributed by atoms with van der Waals surface area (Å²) in [6.07, 6.45) is -0.728. The van der Waals surface area contributed by atoms with Gasteiger partial charge in [-0.05, 0) is 31.5 Å². The van der Waals surface area contributed by atoms with Crippen LogP contribution in [0, 0.1) is 6.92 Å². The van der Waals surface area contributed by atoms with Crippen molar-refractivity contribution < 1.29 is 9.53 Å². The minimum Gasteiger partial charge on any atom is -0.481 e. The molecule has 3 rings (SSSR count). The third-order valence-corrected chi connectivity index (χ3v) is 3.62. The molecule has 1 amide bonds. The maximum atomic E-state index is 12.1. The summed E-state index contributed by atoms with van der Waals surface area (Å²) in [6, 6.07) is 15.0. The Morgan fingerprint density at radius 1 is 1.17 bits per heavy atom. The summed E-state index contributed by atoms with van der Waals surface area (Å²) in [7, 11) is 0. The Balaban J connectivity index is 1.74. The van der Waals surface area contributed by atoms with Crippen molar-refractivity contribution in [2.75, 3.05) is 5.73 Å². The van der Waals surface area contributed by atoms with E-state index in [-0.39, 0.29) is 0 Å². The van der Waals surface area contributed by atoms with Gasteiger partial charge in [-0.15, -0.1) is 10.2 Å². The first-order valence-corrected chi connectivity index (χ1v) is 7.59. The van der Waals surface area contributed by atoms with E-state index < -0.39 is 12.0 Å². The molecule has 6 heteroatoms. The number of nitrogens with two attached hydrogens (primary N) is 1. The zero-order chi connectivity index (χ0) is 17.1. The van der Waals surface area contributed by atoms with E-state index in [2.05, 4.69) is 15.2 Å². The minimum atomic E-state index is -0.728. The molecule has 6 nitrogen and oxygen atoms in total. The smallest absolute Gasteiger partial charge is 0.304 e. The summed E-state index contributed by atoms with van der Waals surface area (Å²) in [5.74, 6) is 1.12. The van der Waals surface area contributed by atoms with Crippen molar-refractivity contribution in [2.45, 2.75) is 20.0 Å². The number of nitrogens with zero attached hydrogens (tertiary/aromatic N) is 2. The first kappa shape index (κ1) is 15.7. The van der Waals surface area contributed by atoms with E-state index in [1.165, 1.54) is 0 Å². The van der Waals surface area contributed by atoms with Crippen LogP contribution in [0.15, 0.2) is 58.8 Å². The average Bonchev–Trinajstić information content (AvgIpc) is 2.89. The number of fused-ring (bicyclic) bond motifs is 1. The molecule has 122 valence electrons. The predicted octanol–water partition coefficient (Wildman–Crippen LogP) is 4.14. The number of benzene rings is 2. The predicted molar refractivity (Wildman–Crippen MR) is 93.5 cm³/mol. The van der Waals surface area contributed by atoms with Crippen molar-refractivity contribution in [3.63, 3.8) is 0 Å². The first-order chi connectivity index (χ1) is 11.5. The lowest BCUT2D eigenvalue weighted by atomic mass is 10.2. The number of nitrogen functional groups attached to an aromatic ring is 1. The molecule has 0 aliphatic carbocycles. The van der Waals surface area contributed by atoms with E-state index in [1.807, 2.05) is 49.4 Å². The lowest BCUT2D eigenvalue weighted by molar-refractivity contribution is -0.124. The number of carbonyl (C=O) groups excluding carboxylic acids is 1. The van der Waals surface area contributed by atoms with Crippen molar-refractivity contribution in [2.24, 2.45) is 10.2 Å². The highest BCUT2D eigenvalue weighted by atomic mass is 16.5. The van der Waals surface area contributed by atoms with Crippen molar-refractivity contribution in [1.29, 1.82) is 0 Å². The lowest BCUT2D eigenvalue weighted by Crippen LogP contribution is -2.21. The van der Waals surface area contributed by atoms with Gasteiger partial charge in [0.25, 0.3) is 0 Å². The van der Waals surface area contributed by atoms with Gasteiger partial charge >= 0.3 is 5.91 Å². The molecule has 2 aromatic carbocycles. The molecule has 0 unspecified atom stereocenters. The molecule has 1 heterocycles. The molecule has 0 spiro atoms. The quantitative estimate of drug-likeness (QED) is 0.707. The molecular weight excluding hydrogens is 304 g/mol. The fraction of sp³-hybridized carbons (Fsp3) is 0.167. The third kappa shape index (κ3) is 3.27. The number of amides is 1. The van der Waals surface area contributed by atoms with Crippen LogP contribution in [0.3, 0.4) is 0 Å². The second kappa shape index (κ2) is 6.54. The van der Waals surface area contributed by atoms with Gasteiger partial charge in [-0.1, -0.05) is 36.4 Å². The largest absolute Gasteiger partial charge is 0.481 e. The molecule has 1 aromatic heterocycles. The van der Waals surface area contributed by atoms with E-state index in [0.29, 0.717) is 17.4 Å². The van der Waals surface area contributed by atoms with E-state index in [1.54, 1.807) is 13.0 Å². The van der Waals surface area contributed by atoms with Gasteiger partial charge in [-0.2, -0.15) is 0 Å². The van der Waals surface area contributed by atoms with Crippen LogP contribution in [0.5, 0.6) is 5.75 Å². The van der Waals surface area contributed by atoms with E-state index in [0.717, 1.165) is 16.3 Å². The highest BCUT2D eigenvalue weighted by molar-refractivity contribution is 5.99. The van der Waals surface area contributed by atoms with E-state index in [9.17, 15) is 4.79 Å². The van der Waals surface area contributed by atoms with Crippen LogP contribution in [0.1, 0.15) is 12.5 Å². The van der Waals surface area contributed by atoms with Crippen LogP contribution in [0.25, 0.3) is 10.8 Å². The Morgan fingerprint density at radius 2 is 1.92 bits per heavy atom. The van der Waals surface area contributed by atoms with Crippen molar-refractivity contribution >= 4 is 28.3 Å². The molecule has 0 saturated carbocycles. The summed E-state index contributed by atoms with van der Waals surface area (Å²) in [6.45, 7) is 3.60. The number of nitrogens with one attached hydrogen (secondary N) is 1. The fourth-order valence-corrected chi connectivity index (χ4v) is 2.39. The normalized spacial score (nSPS) is 12.6. The Bertz CT molecular complexity index is 914. The van der Waals surface area contributed by atoms with Gasteiger partial charge in [0.1, 0.15) is 11.6 Å². The fourth-order valence-electron chi connectivity index (χ4n) is 2.39. The number of aromatic nitrogens is 1. The maximum Gasteiger partial charge on any atom is 0.304 e. The highest BCUT2D eigenvalue weighted by Gasteiger charge is 2.15. The highest BCUT2D eigenvalue weighted by Crippen LogP contribution is 2.30. The molecule has 3 N–H and O–H groups in total. The number of ether oxygens (including phenoxy) is 1. The summed E-state index contributed by atoms with van der Waals surface area (Å²) < 4.78 is 5.60. The number of hydrogen-bond acceptors (Lipinski definition) is 4. The van der Waals surface area contributed by atoms with Crippen molar-refractivity contribution in [3.05, 3.63) is 54.1 Å². The number of aryl methyl sites for hydroxylation is 1. The Morgan fingerprint density at radius 3 is 2.67 bits per heavy atom. The van der Waals surface area contributed by atoms with Gasteiger partial charge in [0.2, 0.25) is 0 Å². The molecule has 3 aromatic rings. The van der Waals surface area contributed by atoms with Crippen LogP contribution in [-0.2, 0) is 4.79 Å². The van der Waals surface area contributed by atoms with Gasteiger partial charge in [0.05, 0.1) is 0 Å². The zero-order valence-corrected chi connectivity index (χ0v) is 13.5. The molecule has 0 saturated heterocycles. The first-order valence-electron chi connectivity index (χ1n) is 7.59. The standard InChI is InChI=1S/C18H18N4O2/c1-11-6-5-7-13(10-11)24-12(2)18(23)22-21-17-15-9-4-3-8-14(15)16(19)20-17/h3-10,12,20H,19H2,1-2H3/t12-/m0/s1. The van der Waals surface area contributed by atoms with Crippen molar-refractivity contribution in [1.82, 2.24) is 4.98 Å². The molecule has 0 radical (unpaired) electrons. The Kier molecular flexibility index (Phi) is 4.29. The SMILES string of the molecule is Cc1cccc(O[C@@H](C)C(=O)N=Nc2[nH]c(N)c3ccccc23)c1. The molecule has 0 bridgehead atoms. The number of aromatic amines is 1. The number of carbonyl (C=O) groups is 1. The van der Waals surface area contributed by atoms with Crippen LogP contribution in [0.4, 0.5) is 11.6 Å². The van der Waals surface area contributed by atoms with Crippen LogP contribution in [0.2, 0.25) is 0 Å². The Labute approximate surface area is 139 Å². The van der Waals surface area contributed by atoms with Crippen LogP contribution >= 0.6 is 0 Å². The number of rotatable bonds is 4. The average molecular weight is 322 g/mol. The number of anilines is 1. The van der Waals surface area contributed by atoms with Gasteiger partial charge in [-0.25, -0.2) is 0 Å². The second-order valence-electron chi connectivity index (χ2n) is 5.55. The van der Waals surface area contributed by atoms with E-state index >= 15 is 0 Å². The van der Waals surface area contributed by atoms with Crippen molar-refractivity contribution in [3.8, 4) is 5.75 Å². The molecule has 0 aliphatic rings. The second-order valence-corrected chi connectivity index (χ2v) is 5.55. The lowest BCUT2D eigenvalue weighted by Gasteiger charge is -2.10. The summed E-state index contributed by atoms with van der Waals surface area (Å²) in [5.41, 5.74) is 6.95. The molecule has 1 atom stereocenters. The molecular formula is C18H18N4O2. The third-order valence-electron chi connectivity index (χ3n) is 3.62. The number of hydrogen-bond donors (Lipinski definition) is 2. The summed E-state index contributed by atoms with van der Waals surface area (Å²) in [4.78, 5) is 15.0. The molecule has 24 heavy (non-hydrogen) atoms.